The highest BCUT2D eigenvalue weighted by atomic mass is 19.1. The van der Waals surface area contributed by atoms with Gasteiger partial charge in [-0.15, -0.1) is 0 Å². The zero-order valence-electron chi connectivity index (χ0n) is 18.2. The second-order valence-corrected chi connectivity index (χ2v) is 7.57. The number of aryl methyl sites for hydroxylation is 2. The first-order valence-corrected chi connectivity index (χ1v) is 10.3. The van der Waals surface area contributed by atoms with Crippen LogP contribution in [0, 0.1) is 24.1 Å². The van der Waals surface area contributed by atoms with Gasteiger partial charge in [-0.3, -0.25) is 4.79 Å². The van der Waals surface area contributed by atoms with E-state index < -0.39 is 5.82 Å². The summed E-state index contributed by atoms with van der Waals surface area (Å²) < 4.78 is 21.1. The molecule has 0 saturated carbocycles. The van der Waals surface area contributed by atoms with Gasteiger partial charge >= 0.3 is 0 Å². The third-order valence-electron chi connectivity index (χ3n) is 5.26. The molecular weight excluding hydrogens is 419 g/mol. The van der Waals surface area contributed by atoms with Crippen molar-refractivity contribution >= 4 is 11.6 Å². The number of hydrogen-bond donors (Lipinski definition) is 1. The Hall–Kier alpha value is -4.44. The summed E-state index contributed by atoms with van der Waals surface area (Å²) in [7, 11) is 1.92. The maximum absolute atomic E-state index is 13.5. The predicted molar refractivity (Wildman–Crippen MR) is 123 cm³/mol. The molecule has 1 heterocycles. The van der Waals surface area contributed by atoms with Gasteiger partial charge in [0, 0.05) is 41.8 Å². The Labute approximate surface area is 190 Å². The van der Waals surface area contributed by atoms with Gasteiger partial charge in [0.1, 0.15) is 24.0 Å². The first-order chi connectivity index (χ1) is 15.9. The van der Waals surface area contributed by atoms with Crippen LogP contribution in [-0.2, 0) is 13.7 Å². The molecule has 4 aromatic rings. The van der Waals surface area contributed by atoms with Crippen LogP contribution in [0.15, 0.2) is 73.1 Å². The zero-order chi connectivity index (χ0) is 23.4. The lowest BCUT2D eigenvalue weighted by Crippen LogP contribution is -2.13. The van der Waals surface area contributed by atoms with Gasteiger partial charge in [-0.2, -0.15) is 5.26 Å². The summed E-state index contributed by atoms with van der Waals surface area (Å²) in [6, 6.07) is 18.4. The average molecular weight is 440 g/mol. The number of benzene rings is 3. The van der Waals surface area contributed by atoms with E-state index in [0.29, 0.717) is 28.1 Å². The SMILES string of the molecule is Cc1ccc(-c2nccn2C)cc1NC(=O)c1ccc(OCc2cc(F)ccc2C#N)cc1. The van der Waals surface area contributed by atoms with Crippen molar-refractivity contribution in [1.82, 2.24) is 9.55 Å². The number of imidazole rings is 1. The maximum atomic E-state index is 13.5. The molecule has 6 nitrogen and oxygen atoms in total. The summed E-state index contributed by atoms with van der Waals surface area (Å²) in [6.45, 7) is 1.97. The van der Waals surface area contributed by atoms with E-state index in [4.69, 9.17) is 10.00 Å². The third-order valence-corrected chi connectivity index (χ3v) is 5.26. The number of carbonyl (C=O) groups excluding carboxylic acids is 1. The molecule has 0 aliphatic heterocycles. The molecule has 1 aromatic heterocycles. The van der Waals surface area contributed by atoms with Crippen LogP contribution < -0.4 is 10.1 Å². The number of rotatable bonds is 6. The normalized spacial score (nSPS) is 10.5. The van der Waals surface area contributed by atoms with Crippen molar-refractivity contribution in [3.8, 4) is 23.2 Å². The van der Waals surface area contributed by atoms with E-state index in [2.05, 4.69) is 10.3 Å². The van der Waals surface area contributed by atoms with Crippen molar-refractivity contribution in [1.29, 1.82) is 5.26 Å². The molecule has 0 spiro atoms. The van der Waals surface area contributed by atoms with Crippen molar-refractivity contribution in [2.75, 3.05) is 5.32 Å². The number of ether oxygens (including phenoxy) is 1. The van der Waals surface area contributed by atoms with Crippen LogP contribution in [0.1, 0.15) is 27.0 Å². The molecule has 7 heteroatoms. The minimum Gasteiger partial charge on any atom is -0.489 e. The number of nitriles is 1. The van der Waals surface area contributed by atoms with Crippen LogP contribution in [0.3, 0.4) is 0 Å². The van der Waals surface area contributed by atoms with Gasteiger partial charge in [0.25, 0.3) is 5.91 Å². The monoisotopic (exact) mass is 440 g/mol. The van der Waals surface area contributed by atoms with Gasteiger partial charge in [-0.05, 0) is 61.0 Å². The van der Waals surface area contributed by atoms with Gasteiger partial charge in [-0.25, -0.2) is 9.37 Å². The summed E-state index contributed by atoms with van der Waals surface area (Å²) >= 11 is 0. The number of aromatic nitrogens is 2. The second kappa shape index (κ2) is 9.37. The first kappa shape index (κ1) is 21.8. The number of carbonyl (C=O) groups is 1. The quantitative estimate of drug-likeness (QED) is 0.445. The maximum Gasteiger partial charge on any atom is 0.255 e. The number of amides is 1. The first-order valence-electron chi connectivity index (χ1n) is 10.3. The van der Waals surface area contributed by atoms with Crippen molar-refractivity contribution in [3.63, 3.8) is 0 Å². The van der Waals surface area contributed by atoms with Crippen LogP contribution in [-0.4, -0.2) is 15.5 Å². The molecule has 0 aliphatic rings. The summed E-state index contributed by atoms with van der Waals surface area (Å²) in [4.78, 5) is 17.1. The molecule has 0 fully saturated rings. The standard InChI is InChI=1S/C26H21FN4O2/c1-17-3-4-19(25-29-11-12-31(25)2)14-24(17)30-26(32)18-6-9-23(10-7-18)33-16-21-13-22(27)8-5-20(21)15-28/h3-14H,16H2,1-2H3,(H,30,32). The van der Waals surface area contributed by atoms with E-state index in [1.165, 1.54) is 18.2 Å². The third kappa shape index (κ3) is 4.91. The number of halogens is 1. The van der Waals surface area contributed by atoms with E-state index >= 15 is 0 Å². The highest BCUT2D eigenvalue weighted by Crippen LogP contribution is 2.25. The van der Waals surface area contributed by atoms with E-state index in [0.717, 1.165) is 17.0 Å². The molecule has 0 bridgehead atoms. The predicted octanol–water partition coefficient (Wildman–Crippen LogP) is 5.24. The molecule has 0 unspecified atom stereocenters. The summed E-state index contributed by atoms with van der Waals surface area (Å²) in [5, 5.41) is 12.1. The number of hydrogen-bond acceptors (Lipinski definition) is 4. The Morgan fingerprint density at radius 3 is 2.64 bits per heavy atom. The molecule has 3 aromatic carbocycles. The Balaban J connectivity index is 1.45. The number of anilines is 1. The molecule has 33 heavy (non-hydrogen) atoms. The molecule has 164 valence electrons. The topological polar surface area (TPSA) is 79.9 Å². The van der Waals surface area contributed by atoms with E-state index in [1.807, 2.05) is 49.0 Å². The van der Waals surface area contributed by atoms with Crippen LogP contribution >= 0.6 is 0 Å². The number of nitrogens with zero attached hydrogens (tertiary/aromatic N) is 3. The molecule has 0 aliphatic carbocycles. The van der Waals surface area contributed by atoms with Crippen LogP contribution in [0.4, 0.5) is 10.1 Å². The van der Waals surface area contributed by atoms with Crippen LogP contribution in [0.5, 0.6) is 5.75 Å². The Kier molecular flexibility index (Phi) is 6.18. The lowest BCUT2D eigenvalue weighted by molar-refractivity contribution is 0.102. The highest BCUT2D eigenvalue weighted by molar-refractivity contribution is 6.05. The van der Waals surface area contributed by atoms with Gasteiger partial charge in [-0.1, -0.05) is 12.1 Å². The van der Waals surface area contributed by atoms with Gasteiger partial charge in [0.05, 0.1) is 11.6 Å². The molecular formula is C26H21FN4O2. The van der Waals surface area contributed by atoms with Crippen molar-refractivity contribution in [3.05, 3.63) is 101 Å². The fourth-order valence-corrected chi connectivity index (χ4v) is 3.39. The van der Waals surface area contributed by atoms with Crippen LogP contribution in [0.2, 0.25) is 0 Å². The summed E-state index contributed by atoms with van der Waals surface area (Å²) in [5.41, 5.74) is 3.83. The van der Waals surface area contributed by atoms with E-state index in [1.54, 1.807) is 30.5 Å². The van der Waals surface area contributed by atoms with Crippen molar-refractivity contribution < 1.29 is 13.9 Å². The highest BCUT2D eigenvalue weighted by Gasteiger charge is 2.11. The van der Waals surface area contributed by atoms with E-state index in [9.17, 15) is 9.18 Å². The number of nitrogens with one attached hydrogen (secondary N) is 1. The van der Waals surface area contributed by atoms with Gasteiger partial charge in [0.2, 0.25) is 0 Å². The van der Waals surface area contributed by atoms with Gasteiger partial charge < -0.3 is 14.6 Å². The van der Waals surface area contributed by atoms with Crippen molar-refractivity contribution in [2.45, 2.75) is 13.5 Å². The Morgan fingerprint density at radius 2 is 1.94 bits per heavy atom. The zero-order valence-corrected chi connectivity index (χ0v) is 18.2. The molecule has 4 rings (SSSR count). The fourth-order valence-electron chi connectivity index (χ4n) is 3.39. The second-order valence-electron chi connectivity index (χ2n) is 7.57. The molecule has 1 amide bonds. The summed E-state index contributed by atoms with van der Waals surface area (Å²) in [5.74, 6) is 0.637. The van der Waals surface area contributed by atoms with E-state index in [-0.39, 0.29) is 12.5 Å². The van der Waals surface area contributed by atoms with Crippen molar-refractivity contribution in [2.24, 2.45) is 7.05 Å². The fraction of sp³-hybridized carbons (Fsp3) is 0.115. The Bertz CT molecular complexity index is 1350. The minimum atomic E-state index is -0.429. The smallest absolute Gasteiger partial charge is 0.255 e. The van der Waals surface area contributed by atoms with Crippen LogP contribution in [0.25, 0.3) is 11.4 Å². The van der Waals surface area contributed by atoms with Gasteiger partial charge in [0.15, 0.2) is 0 Å². The largest absolute Gasteiger partial charge is 0.489 e. The molecule has 1 N–H and O–H groups in total. The average Bonchev–Trinajstić information content (AvgIpc) is 3.25. The molecule has 0 saturated heterocycles. The lowest BCUT2D eigenvalue weighted by atomic mass is 10.1. The minimum absolute atomic E-state index is 0.0470. The Morgan fingerprint density at radius 1 is 1.15 bits per heavy atom. The summed E-state index contributed by atoms with van der Waals surface area (Å²) in [6.07, 6.45) is 3.60. The molecule has 0 radical (unpaired) electrons. The lowest BCUT2D eigenvalue weighted by Gasteiger charge is -2.12. The molecule has 0 atom stereocenters.